The maximum atomic E-state index is 5.22. The van der Waals surface area contributed by atoms with E-state index in [1.807, 2.05) is 0 Å². The van der Waals surface area contributed by atoms with Crippen molar-refractivity contribution in [3.63, 3.8) is 0 Å². The van der Waals surface area contributed by atoms with Gasteiger partial charge in [-0.15, -0.1) is 0 Å². The van der Waals surface area contributed by atoms with Crippen LogP contribution in [0.4, 0.5) is 0 Å². The van der Waals surface area contributed by atoms with Crippen LogP contribution in [0.3, 0.4) is 0 Å². The van der Waals surface area contributed by atoms with E-state index in [0.29, 0.717) is 5.25 Å². The predicted octanol–water partition coefficient (Wildman–Crippen LogP) is 4.32. The summed E-state index contributed by atoms with van der Waals surface area (Å²) in [6, 6.07) is 0. The minimum absolute atomic E-state index is 0.539. The molecule has 1 heteroatoms. The summed E-state index contributed by atoms with van der Waals surface area (Å²) in [7, 11) is 0. The Morgan fingerprint density at radius 3 is 2.18 bits per heavy atom. The average molecular weight is 173 g/mol. The van der Waals surface area contributed by atoms with Gasteiger partial charge in [-0.1, -0.05) is 58.6 Å². The van der Waals surface area contributed by atoms with Gasteiger partial charge in [-0.2, -0.15) is 0 Å². The van der Waals surface area contributed by atoms with Gasteiger partial charge in [0.05, 0.1) is 0 Å². The van der Waals surface area contributed by atoms with Gasteiger partial charge in [-0.3, -0.25) is 0 Å². The van der Waals surface area contributed by atoms with Gasteiger partial charge in [-0.25, -0.2) is 0 Å². The van der Waals surface area contributed by atoms with E-state index in [1.54, 1.807) is 0 Å². The van der Waals surface area contributed by atoms with Crippen molar-refractivity contribution in [2.45, 2.75) is 64.0 Å². The van der Waals surface area contributed by atoms with Crippen LogP contribution < -0.4 is 0 Å². The molecule has 0 aromatic carbocycles. The first-order valence-electron chi connectivity index (χ1n) is 4.97. The van der Waals surface area contributed by atoms with Gasteiger partial charge in [0.25, 0.3) is 0 Å². The van der Waals surface area contributed by atoms with Gasteiger partial charge in [0.15, 0.2) is 0 Å². The van der Waals surface area contributed by atoms with Crippen molar-refractivity contribution in [3.05, 3.63) is 0 Å². The lowest BCUT2D eigenvalue weighted by molar-refractivity contribution is 0.593. The minimum atomic E-state index is 0.539. The SMILES string of the molecule is CCCCCCCC([S])CC. The zero-order valence-electron chi connectivity index (χ0n) is 7.94. The highest BCUT2D eigenvalue weighted by atomic mass is 32.1. The van der Waals surface area contributed by atoms with Gasteiger partial charge in [0, 0.05) is 5.25 Å². The molecule has 0 aromatic heterocycles. The molecule has 0 nitrogen and oxygen atoms in total. The Balaban J connectivity index is 2.89. The summed E-state index contributed by atoms with van der Waals surface area (Å²) in [6.07, 6.45) is 9.31. The van der Waals surface area contributed by atoms with Crippen molar-refractivity contribution >= 4 is 12.6 Å². The molecule has 0 N–H and O–H groups in total. The Kier molecular flexibility index (Phi) is 8.72. The van der Waals surface area contributed by atoms with Crippen LogP contribution in [0.25, 0.3) is 0 Å². The molecule has 0 aliphatic heterocycles. The first-order valence-corrected chi connectivity index (χ1v) is 5.44. The molecule has 1 atom stereocenters. The van der Waals surface area contributed by atoms with Crippen LogP contribution in [-0.2, 0) is 0 Å². The largest absolute Gasteiger partial charge is 0.0905 e. The molecule has 0 amide bonds. The molecular formula is C10H21S. The molecule has 0 aliphatic rings. The monoisotopic (exact) mass is 173 g/mol. The van der Waals surface area contributed by atoms with Gasteiger partial charge < -0.3 is 0 Å². The second-order valence-electron chi connectivity index (χ2n) is 3.23. The van der Waals surface area contributed by atoms with E-state index < -0.39 is 0 Å². The third kappa shape index (κ3) is 8.25. The molecule has 0 spiro atoms. The fourth-order valence-electron chi connectivity index (χ4n) is 1.18. The molecule has 1 radical (unpaired) electrons. The van der Waals surface area contributed by atoms with Crippen molar-refractivity contribution < 1.29 is 0 Å². The second-order valence-corrected chi connectivity index (χ2v) is 3.90. The Bertz CT molecular complexity index is 71.3. The van der Waals surface area contributed by atoms with E-state index in [9.17, 15) is 0 Å². The van der Waals surface area contributed by atoms with Crippen molar-refractivity contribution in [1.82, 2.24) is 0 Å². The maximum absolute atomic E-state index is 5.22. The van der Waals surface area contributed by atoms with E-state index in [-0.39, 0.29) is 0 Å². The molecular weight excluding hydrogens is 152 g/mol. The molecule has 0 fully saturated rings. The first kappa shape index (κ1) is 11.4. The number of hydrogen-bond acceptors (Lipinski definition) is 0. The fraction of sp³-hybridized carbons (Fsp3) is 1.00. The standard InChI is InChI=1S/C10H21S/c1-3-5-6-7-8-9-10(11)4-2/h10H,3-9H2,1-2H3. The summed E-state index contributed by atoms with van der Waals surface area (Å²) in [4.78, 5) is 0. The van der Waals surface area contributed by atoms with Crippen molar-refractivity contribution in [2.24, 2.45) is 0 Å². The molecule has 67 valence electrons. The van der Waals surface area contributed by atoms with Crippen LogP contribution in [-0.4, -0.2) is 5.25 Å². The van der Waals surface area contributed by atoms with E-state index in [0.717, 1.165) is 0 Å². The normalized spacial score (nSPS) is 13.4. The van der Waals surface area contributed by atoms with Gasteiger partial charge in [0.2, 0.25) is 0 Å². The van der Waals surface area contributed by atoms with E-state index in [4.69, 9.17) is 12.6 Å². The second kappa shape index (κ2) is 8.45. The van der Waals surface area contributed by atoms with Crippen LogP contribution in [0, 0.1) is 0 Å². The zero-order valence-corrected chi connectivity index (χ0v) is 8.75. The molecule has 1 unspecified atom stereocenters. The van der Waals surface area contributed by atoms with Crippen molar-refractivity contribution in [2.75, 3.05) is 0 Å². The lowest BCUT2D eigenvalue weighted by Gasteiger charge is -2.04. The summed E-state index contributed by atoms with van der Waals surface area (Å²) in [5.74, 6) is 0. The Morgan fingerprint density at radius 1 is 1.00 bits per heavy atom. The van der Waals surface area contributed by atoms with E-state index >= 15 is 0 Å². The quantitative estimate of drug-likeness (QED) is 0.503. The highest BCUT2D eigenvalue weighted by Crippen LogP contribution is 2.12. The molecule has 0 rings (SSSR count). The van der Waals surface area contributed by atoms with Crippen LogP contribution in [0.15, 0.2) is 0 Å². The molecule has 0 saturated heterocycles. The van der Waals surface area contributed by atoms with Crippen molar-refractivity contribution in [1.29, 1.82) is 0 Å². The summed E-state index contributed by atoms with van der Waals surface area (Å²) in [5.41, 5.74) is 0. The first-order chi connectivity index (χ1) is 5.31. The highest BCUT2D eigenvalue weighted by Gasteiger charge is 1.98. The van der Waals surface area contributed by atoms with Crippen LogP contribution >= 0.6 is 12.6 Å². The molecule has 11 heavy (non-hydrogen) atoms. The smallest absolute Gasteiger partial charge is 0.0149 e. The maximum Gasteiger partial charge on any atom is 0.0149 e. The molecule has 0 aromatic rings. The summed E-state index contributed by atoms with van der Waals surface area (Å²) in [6.45, 7) is 4.44. The van der Waals surface area contributed by atoms with Crippen LogP contribution in [0.5, 0.6) is 0 Å². The molecule has 0 heterocycles. The topological polar surface area (TPSA) is 0 Å². The number of hydrogen-bond donors (Lipinski definition) is 0. The third-order valence-corrected chi connectivity index (χ3v) is 2.65. The molecule has 0 saturated carbocycles. The Hall–Kier alpha value is 0.350. The fourth-order valence-corrected chi connectivity index (χ4v) is 1.35. The molecule has 0 aliphatic carbocycles. The van der Waals surface area contributed by atoms with E-state index in [2.05, 4.69) is 13.8 Å². The average Bonchev–Trinajstić information content (AvgIpc) is 2.04. The summed E-state index contributed by atoms with van der Waals surface area (Å²) in [5, 5.41) is 0.539. The third-order valence-electron chi connectivity index (χ3n) is 2.08. The van der Waals surface area contributed by atoms with Crippen LogP contribution in [0.2, 0.25) is 0 Å². The van der Waals surface area contributed by atoms with Gasteiger partial charge in [-0.05, 0) is 12.8 Å². The summed E-state index contributed by atoms with van der Waals surface area (Å²) >= 11 is 5.22. The highest BCUT2D eigenvalue weighted by molar-refractivity contribution is 7.80. The lowest BCUT2D eigenvalue weighted by Crippen LogP contribution is -1.95. The van der Waals surface area contributed by atoms with E-state index in [1.165, 1.54) is 44.9 Å². The molecule has 0 bridgehead atoms. The summed E-state index contributed by atoms with van der Waals surface area (Å²) < 4.78 is 0. The zero-order chi connectivity index (χ0) is 8.53. The minimum Gasteiger partial charge on any atom is -0.0905 e. The number of unbranched alkanes of at least 4 members (excludes halogenated alkanes) is 4. The number of rotatable bonds is 7. The van der Waals surface area contributed by atoms with Gasteiger partial charge >= 0.3 is 0 Å². The van der Waals surface area contributed by atoms with Crippen LogP contribution in [0.1, 0.15) is 58.8 Å². The Morgan fingerprint density at radius 2 is 1.64 bits per heavy atom. The lowest BCUT2D eigenvalue weighted by atomic mass is 10.1. The predicted molar refractivity (Wildman–Crippen MR) is 55.0 cm³/mol. The Labute approximate surface area is 77.2 Å². The van der Waals surface area contributed by atoms with Gasteiger partial charge in [0.1, 0.15) is 0 Å². The van der Waals surface area contributed by atoms with Crippen molar-refractivity contribution in [3.8, 4) is 0 Å².